The third-order valence-corrected chi connectivity index (χ3v) is 5.67. The summed E-state index contributed by atoms with van der Waals surface area (Å²) >= 11 is 5.90. The van der Waals surface area contributed by atoms with Gasteiger partial charge < -0.3 is 24.6 Å². The topological polar surface area (TPSA) is 131 Å². The highest BCUT2D eigenvalue weighted by atomic mass is 35.5. The van der Waals surface area contributed by atoms with Gasteiger partial charge in [0.1, 0.15) is 17.5 Å². The molecule has 2 aromatic carbocycles. The highest BCUT2D eigenvalue weighted by Gasteiger charge is 2.46. The molecule has 2 aromatic rings. The van der Waals surface area contributed by atoms with E-state index in [1.54, 1.807) is 56.3 Å². The smallest absolute Gasteiger partial charge is 0.471 e. The second-order valence-corrected chi connectivity index (χ2v) is 9.47. The number of phosphoric acid groups is 1. The van der Waals surface area contributed by atoms with E-state index in [2.05, 4.69) is 9.84 Å². The molecule has 0 aromatic heterocycles. The molecule has 11 heteroatoms. The maximum Gasteiger partial charge on any atom is 0.471 e. The lowest BCUT2D eigenvalue weighted by molar-refractivity contribution is -0.141. The lowest BCUT2D eigenvalue weighted by Crippen LogP contribution is -2.55. The molecule has 0 saturated heterocycles. The summed E-state index contributed by atoms with van der Waals surface area (Å²) in [6.07, 6.45) is -0.917. The van der Waals surface area contributed by atoms with Gasteiger partial charge in [-0.1, -0.05) is 11.6 Å². The molecule has 0 spiro atoms. The van der Waals surface area contributed by atoms with Crippen LogP contribution in [0.15, 0.2) is 42.5 Å². The van der Waals surface area contributed by atoms with E-state index in [1.807, 2.05) is 0 Å². The predicted molar refractivity (Wildman–Crippen MR) is 116 cm³/mol. The number of rotatable bonds is 7. The van der Waals surface area contributed by atoms with E-state index in [-0.39, 0.29) is 5.78 Å². The Morgan fingerprint density at radius 1 is 1.16 bits per heavy atom. The Kier molecular flexibility index (Phi) is 7.09. The van der Waals surface area contributed by atoms with Crippen molar-refractivity contribution in [2.75, 3.05) is 6.79 Å². The van der Waals surface area contributed by atoms with Gasteiger partial charge in [-0.3, -0.25) is 14.1 Å². The van der Waals surface area contributed by atoms with Crippen molar-refractivity contribution in [1.29, 1.82) is 0 Å². The molecule has 3 N–H and O–H groups in total. The molecule has 0 bridgehead atoms. The van der Waals surface area contributed by atoms with E-state index in [1.165, 1.54) is 6.92 Å². The molecular formula is C21H23ClNO8P. The Labute approximate surface area is 189 Å². The fraction of sp³-hybridized carbons (Fsp3) is 0.333. The van der Waals surface area contributed by atoms with Crippen LogP contribution in [0.4, 0.5) is 0 Å². The molecule has 1 heterocycles. The first-order valence-corrected chi connectivity index (χ1v) is 11.5. The third-order valence-electron chi connectivity index (χ3n) is 4.97. The Morgan fingerprint density at radius 3 is 2.38 bits per heavy atom. The van der Waals surface area contributed by atoms with Crippen LogP contribution in [-0.4, -0.2) is 40.0 Å². The monoisotopic (exact) mass is 483 g/mol. The number of amides is 1. The molecule has 1 aliphatic heterocycles. The summed E-state index contributed by atoms with van der Waals surface area (Å²) in [6, 6.07) is 10.3. The summed E-state index contributed by atoms with van der Waals surface area (Å²) in [4.78, 5) is 42.8. The number of Topliss-reactive ketones (excluding diaryl/α,β-unsaturated/α-hetero) is 1. The van der Waals surface area contributed by atoms with Gasteiger partial charge in [0.2, 0.25) is 0 Å². The van der Waals surface area contributed by atoms with E-state index in [9.17, 15) is 14.2 Å². The Bertz CT molecular complexity index is 1070. The Morgan fingerprint density at radius 2 is 1.78 bits per heavy atom. The normalized spacial score (nSPS) is 19.6. The van der Waals surface area contributed by atoms with Crippen LogP contribution < -0.4 is 10.1 Å². The Hall–Kier alpha value is -2.26. The molecule has 0 aliphatic carbocycles. The van der Waals surface area contributed by atoms with Gasteiger partial charge in [0.25, 0.3) is 5.91 Å². The lowest BCUT2D eigenvalue weighted by atomic mass is 9.85. The zero-order valence-electron chi connectivity index (χ0n) is 17.6. The van der Waals surface area contributed by atoms with Gasteiger partial charge in [-0.2, -0.15) is 0 Å². The number of benzene rings is 2. The molecule has 1 aliphatic rings. The number of fused-ring (bicyclic) bond motifs is 1. The van der Waals surface area contributed by atoms with E-state index in [0.717, 1.165) is 0 Å². The first-order chi connectivity index (χ1) is 14.9. The Balaban J connectivity index is 1.99. The number of carbonyl (C=O) groups is 2. The van der Waals surface area contributed by atoms with Crippen molar-refractivity contribution in [3.05, 3.63) is 64.2 Å². The number of ketones is 1. The van der Waals surface area contributed by atoms with Crippen LogP contribution in [0.5, 0.6) is 5.75 Å². The van der Waals surface area contributed by atoms with Crippen molar-refractivity contribution in [2.24, 2.45) is 0 Å². The van der Waals surface area contributed by atoms with Gasteiger partial charge in [-0.25, -0.2) is 4.57 Å². The first kappa shape index (κ1) is 24.4. The van der Waals surface area contributed by atoms with Crippen molar-refractivity contribution in [3.63, 3.8) is 0 Å². The lowest BCUT2D eigenvalue weighted by Gasteiger charge is -2.44. The van der Waals surface area contributed by atoms with E-state index >= 15 is 0 Å². The average molecular weight is 484 g/mol. The molecule has 9 nitrogen and oxygen atoms in total. The maximum atomic E-state index is 13.0. The van der Waals surface area contributed by atoms with Crippen LogP contribution in [0.1, 0.15) is 53.1 Å². The summed E-state index contributed by atoms with van der Waals surface area (Å²) in [5, 5.41) is 3.36. The molecule has 0 saturated carbocycles. The van der Waals surface area contributed by atoms with Crippen LogP contribution in [-0.2, 0) is 13.8 Å². The third kappa shape index (κ3) is 5.75. The largest absolute Gasteiger partial charge is 0.485 e. The second kappa shape index (κ2) is 9.31. The SMILES string of the molecule is CC(=O)c1ccc2c(c1)[C@H](NC(=O)c1ccc(Cl)cc1)[C@@H](OCOP(=O)(O)O)C(C)(C)O2. The summed E-state index contributed by atoms with van der Waals surface area (Å²) in [7, 11) is -4.77. The van der Waals surface area contributed by atoms with Gasteiger partial charge in [0.05, 0.1) is 6.04 Å². The van der Waals surface area contributed by atoms with Crippen molar-refractivity contribution in [2.45, 2.75) is 38.5 Å². The number of halogens is 1. The fourth-order valence-corrected chi connectivity index (χ4v) is 3.78. The molecule has 32 heavy (non-hydrogen) atoms. The van der Waals surface area contributed by atoms with Crippen LogP contribution in [0.2, 0.25) is 5.02 Å². The van der Waals surface area contributed by atoms with E-state index in [4.69, 9.17) is 30.9 Å². The predicted octanol–water partition coefficient (Wildman–Crippen LogP) is 3.64. The van der Waals surface area contributed by atoms with Crippen LogP contribution in [0, 0.1) is 0 Å². The minimum atomic E-state index is -4.77. The average Bonchev–Trinajstić information content (AvgIpc) is 2.68. The van der Waals surface area contributed by atoms with Crippen LogP contribution >= 0.6 is 19.4 Å². The van der Waals surface area contributed by atoms with Crippen molar-refractivity contribution in [3.8, 4) is 5.75 Å². The first-order valence-electron chi connectivity index (χ1n) is 9.59. The van der Waals surface area contributed by atoms with Gasteiger partial charge >= 0.3 is 7.82 Å². The molecule has 0 unspecified atom stereocenters. The molecular weight excluding hydrogens is 461 g/mol. The van der Waals surface area contributed by atoms with Crippen LogP contribution in [0.3, 0.4) is 0 Å². The highest BCUT2D eigenvalue weighted by molar-refractivity contribution is 7.46. The zero-order chi connectivity index (χ0) is 23.7. The number of phosphoric ester groups is 1. The van der Waals surface area contributed by atoms with Gasteiger partial charge in [-0.05, 0) is 63.2 Å². The molecule has 172 valence electrons. The van der Waals surface area contributed by atoms with E-state index < -0.39 is 38.3 Å². The zero-order valence-corrected chi connectivity index (χ0v) is 19.2. The van der Waals surface area contributed by atoms with Crippen molar-refractivity contribution >= 4 is 31.1 Å². The number of nitrogens with one attached hydrogen (secondary N) is 1. The summed E-state index contributed by atoms with van der Waals surface area (Å²) in [5.41, 5.74) is 0.206. The standard InChI is InChI=1S/C21H23ClNO8P/c1-12(24)14-6-9-17-16(10-14)18(23-20(25)13-4-7-15(22)8-5-13)19(21(2,3)31-17)29-11-30-32(26,27)28/h4-10,18-19H,11H2,1-3H3,(H,23,25)(H2,26,27,28)/t18-,19+/m0/s1. The molecule has 2 atom stereocenters. The molecule has 0 radical (unpaired) electrons. The number of carbonyl (C=O) groups excluding carboxylic acids is 2. The summed E-state index contributed by atoms with van der Waals surface area (Å²) < 4.78 is 27.2. The fourth-order valence-electron chi connectivity index (χ4n) is 3.46. The van der Waals surface area contributed by atoms with Gasteiger partial charge in [-0.15, -0.1) is 0 Å². The maximum absolute atomic E-state index is 13.0. The van der Waals surface area contributed by atoms with Crippen molar-refractivity contribution in [1.82, 2.24) is 5.32 Å². The number of ether oxygens (including phenoxy) is 2. The minimum absolute atomic E-state index is 0.178. The number of hydrogen-bond acceptors (Lipinski definition) is 6. The highest BCUT2D eigenvalue weighted by Crippen LogP contribution is 2.43. The summed E-state index contributed by atoms with van der Waals surface area (Å²) in [6.45, 7) is 4.09. The molecule has 1 amide bonds. The van der Waals surface area contributed by atoms with Crippen molar-refractivity contribution < 1.29 is 37.9 Å². The summed E-state index contributed by atoms with van der Waals surface area (Å²) in [5.74, 6) is -0.173. The van der Waals surface area contributed by atoms with Gasteiger partial charge in [0.15, 0.2) is 12.6 Å². The van der Waals surface area contributed by atoms with E-state index in [0.29, 0.717) is 27.5 Å². The number of hydrogen-bond donors (Lipinski definition) is 3. The van der Waals surface area contributed by atoms with Gasteiger partial charge in [0, 0.05) is 21.7 Å². The quantitative estimate of drug-likeness (QED) is 0.309. The minimum Gasteiger partial charge on any atom is -0.485 e. The molecule has 0 fully saturated rings. The van der Waals surface area contributed by atoms with Crippen LogP contribution in [0.25, 0.3) is 0 Å². The molecule has 3 rings (SSSR count). The second-order valence-electron chi connectivity index (χ2n) is 7.80.